The maximum Gasteiger partial charge on any atom is 0.415 e. The molecular weight excluding hydrogens is 290 g/mol. The Labute approximate surface area is 141 Å². The minimum atomic E-state index is -0.882. The van der Waals surface area contributed by atoms with Crippen molar-refractivity contribution >= 4 is 12.0 Å². The lowest BCUT2D eigenvalue weighted by molar-refractivity contribution is -0.132. The zero-order valence-electron chi connectivity index (χ0n) is 15.1. The summed E-state index contributed by atoms with van der Waals surface area (Å²) in [6.07, 6.45) is 14.9. The van der Waals surface area contributed by atoms with Crippen LogP contribution in [0.5, 0.6) is 0 Å². The molecule has 0 saturated carbocycles. The predicted octanol–water partition coefficient (Wildman–Crippen LogP) is 5.49. The molecule has 0 atom stereocenters. The van der Waals surface area contributed by atoms with Crippen molar-refractivity contribution in [3.63, 3.8) is 0 Å². The van der Waals surface area contributed by atoms with Gasteiger partial charge < -0.3 is 4.74 Å². The van der Waals surface area contributed by atoms with E-state index in [1.54, 1.807) is 0 Å². The second kappa shape index (κ2) is 11.5. The van der Waals surface area contributed by atoms with Gasteiger partial charge in [-0.25, -0.2) is 4.79 Å². The summed E-state index contributed by atoms with van der Waals surface area (Å²) < 4.78 is 5.42. The molecule has 23 heavy (non-hydrogen) atoms. The van der Waals surface area contributed by atoms with Crippen LogP contribution in [-0.2, 0) is 9.53 Å². The second-order valence-electron chi connectivity index (χ2n) is 6.87. The van der Waals surface area contributed by atoms with E-state index < -0.39 is 11.7 Å². The number of amides is 2. The molecule has 134 valence electrons. The molecule has 0 aliphatic carbocycles. The van der Waals surface area contributed by atoms with Crippen molar-refractivity contribution in [1.82, 2.24) is 5.32 Å². The van der Waals surface area contributed by atoms with Gasteiger partial charge in [-0.3, -0.25) is 10.1 Å². The summed E-state index contributed by atoms with van der Waals surface area (Å²) in [7, 11) is 0. The topological polar surface area (TPSA) is 55.4 Å². The van der Waals surface area contributed by atoms with Gasteiger partial charge in [0.15, 0.2) is 5.60 Å². The van der Waals surface area contributed by atoms with Gasteiger partial charge in [0.05, 0.1) is 0 Å². The van der Waals surface area contributed by atoms with Gasteiger partial charge in [-0.15, -0.1) is 0 Å². The molecule has 2 amide bonds. The molecule has 4 heteroatoms. The molecular formula is C19H35NO3. The van der Waals surface area contributed by atoms with Crippen LogP contribution in [0.4, 0.5) is 4.79 Å². The number of carbonyl (C=O) groups excluding carboxylic acids is 2. The van der Waals surface area contributed by atoms with E-state index in [1.807, 2.05) is 0 Å². The summed E-state index contributed by atoms with van der Waals surface area (Å²) in [4.78, 5) is 23.6. The normalized spacial score (nSPS) is 16.4. The Hall–Kier alpha value is -1.06. The van der Waals surface area contributed by atoms with Crippen LogP contribution in [0.3, 0.4) is 0 Å². The van der Waals surface area contributed by atoms with Crippen LogP contribution < -0.4 is 5.32 Å². The highest BCUT2D eigenvalue weighted by Crippen LogP contribution is 2.31. The lowest BCUT2D eigenvalue weighted by Crippen LogP contribution is -2.39. The Morgan fingerprint density at radius 1 is 0.739 bits per heavy atom. The SMILES string of the molecule is CCCCCCCCC1(CCCCCCCC)OC(=O)NC1=O. The third-order valence-corrected chi connectivity index (χ3v) is 4.79. The van der Waals surface area contributed by atoms with E-state index in [-0.39, 0.29) is 5.91 Å². The Bertz CT molecular complexity index is 339. The van der Waals surface area contributed by atoms with Gasteiger partial charge in [-0.1, -0.05) is 78.1 Å². The minimum Gasteiger partial charge on any atom is -0.432 e. The van der Waals surface area contributed by atoms with Crippen LogP contribution in [-0.4, -0.2) is 17.6 Å². The van der Waals surface area contributed by atoms with E-state index >= 15 is 0 Å². The molecule has 0 bridgehead atoms. The van der Waals surface area contributed by atoms with Crippen molar-refractivity contribution in [3.8, 4) is 0 Å². The van der Waals surface area contributed by atoms with Gasteiger partial charge in [-0.05, 0) is 25.7 Å². The lowest BCUT2D eigenvalue weighted by Gasteiger charge is -2.24. The summed E-state index contributed by atoms with van der Waals surface area (Å²) in [5, 5.41) is 2.33. The highest BCUT2D eigenvalue weighted by molar-refractivity contribution is 6.02. The molecule has 0 spiro atoms. The van der Waals surface area contributed by atoms with Gasteiger partial charge in [0.2, 0.25) is 0 Å². The first-order valence-electron chi connectivity index (χ1n) is 9.69. The lowest BCUT2D eigenvalue weighted by atomic mass is 9.89. The van der Waals surface area contributed by atoms with Crippen molar-refractivity contribution in [2.75, 3.05) is 0 Å². The van der Waals surface area contributed by atoms with E-state index in [0.717, 1.165) is 25.7 Å². The molecule has 0 radical (unpaired) electrons. The van der Waals surface area contributed by atoms with Crippen molar-refractivity contribution < 1.29 is 14.3 Å². The molecule has 1 saturated heterocycles. The first-order valence-corrected chi connectivity index (χ1v) is 9.69. The van der Waals surface area contributed by atoms with Crippen LogP contribution in [0.15, 0.2) is 0 Å². The summed E-state index contributed by atoms with van der Waals surface area (Å²) in [5.41, 5.74) is -0.882. The summed E-state index contributed by atoms with van der Waals surface area (Å²) in [6, 6.07) is 0. The van der Waals surface area contributed by atoms with Crippen LogP contribution >= 0.6 is 0 Å². The van der Waals surface area contributed by atoms with Crippen LogP contribution in [0.1, 0.15) is 104 Å². The number of hydrogen-bond donors (Lipinski definition) is 1. The van der Waals surface area contributed by atoms with E-state index in [0.29, 0.717) is 12.8 Å². The number of hydrogen-bond acceptors (Lipinski definition) is 3. The van der Waals surface area contributed by atoms with E-state index in [1.165, 1.54) is 51.4 Å². The summed E-state index contributed by atoms with van der Waals surface area (Å²) in [6.45, 7) is 4.41. The Balaban J connectivity index is 2.33. The number of carbonyl (C=O) groups is 2. The van der Waals surface area contributed by atoms with Gasteiger partial charge in [-0.2, -0.15) is 0 Å². The van der Waals surface area contributed by atoms with E-state index in [9.17, 15) is 9.59 Å². The number of imide groups is 1. The van der Waals surface area contributed by atoms with Crippen molar-refractivity contribution in [1.29, 1.82) is 0 Å². The third kappa shape index (κ3) is 7.36. The highest BCUT2D eigenvalue weighted by atomic mass is 16.6. The number of alkyl carbamates (subject to hydrolysis) is 1. The summed E-state index contributed by atoms with van der Waals surface area (Å²) >= 11 is 0. The smallest absolute Gasteiger partial charge is 0.415 e. The average Bonchev–Trinajstić information content (AvgIpc) is 2.81. The Kier molecular flexibility index (Phi) is 9.97. The Morgan fingerprint density at radius 2 is 1.17 bits per heavy atom. The minimum absolute atomic E-state index is 0.218. The van der Waals surface area contributed by atoms with Crippen molar-refractivity contribution in [2.45, 2.75) is 109 Å². The molecule has 1 aliphatic rings. The molecule has 1 rings (SSSR count). The fourth-order valence-corrected chi connectivity index (χ4v) is 3.29. The fourth-order valence-electron chi connectivity index (χ4n) is 3.29. The summed E-state index contributed by atoms with van der Waals surface area (Å²) in [5.74, 6) is -0.218. The average molecular weight is 325 g/mol. The van der Waals surface area contributed by atoms with Gasteiger partial charge >= 0.3 is 6.09 Å². The molecule has 0 aromatic rings. The first kappa shape index (κ1) is 20.0. The van der Waals surface area contributed by atoms with Crippen LogP contribution in [0, 0.1) is 0 Å². The van der Waals surface area contributed by atoms with Crippen LogP contribution in [0.25, 0.3) is 0 Å². The molecule has 0 aromatic heterocycles. The largest absolute Gasteiger partial charge is 0.432 e. The molecule has 1 aliphatic heterocycles. The highest BCUT2D eigenvalue weighted by Gasteiger charge is 2.47. The number of unbranched alkanes of at least 4 members (excludes halogenated alkanes) is 10. The number of nitrogens with one attached hydrogen (secondary N) is 1. The molecule has 0 unspecified atom stereocenters. The van der Waals surface area contributed by atoms with Crippen molar-refractivity contribution in [3.05, 3.63) is 0 Å². The quantitative estimate of drug-likeness (QED) is 0.429. The third-order valence-electron chi connectivity index (χ3n) is 4.79. The maximum absolute atomic E-state index is 12.2. The number of ether oxygens (including phenoxy) is 1. The van der Waals surface area contributed by atoms with Gasteiger partial charge in [0, 0.05) is 0 Å². The molecule has 1 N–H and O–H groups in total. The zero-order valence-corrected chi connectivity index (χ0v) is 15.1. The van der Waals surface area contributed by atoms with Crippen LogP contribution in [0.2, 0.25) is 0 Å². The molecule has 0 aromatic carbocycles. The maximum atomic E-state index is 12.2. The van der Waals surface area contributed by atoms with Gasteiger partial charge in [0.1, 0.15) is 0 Å². The van der Waals surface area contributed by atoms with Crippen molar-refractivity contribution in [2.24, 2.45) is 0 Å². The number of cyclic esters (lactones) is 1. The zero-order chi connectivity index (χ0) is 17.0. The molecule has 4 nitrogen and oxygen atoms in total. The van der Waals surface area contributed by atoms with E-state index in [2.05, 4.69) is 19.2 Å². The molecule has 1 heterocycles. The van der Waals surface area contributed by atoms with Gasteiger partial charge in [0.25, 0.3) is 5.91 Å². The standard InChI is InChI=1S/C19H35NO3/c1-3-5-7-9-11-13-15-19(17(21)20-18(22)23-19)16-14-12-10-8-6-4-2/h3-16H2,1-2H3,(H,20,21,22). The first-order chi connectivity index (χ1) is 11.1. The Morgan fingerprint density at radius 3 is 1.57 bits per heavy atom. The fraction of sp³-hybridized carbons (Fsp3) is 0.895. The monoisotopic (exact) mass is 325 g/mol. The molecule has 1 fully saturated rings. The second-order valence-corrected chi connectivity index (χ2v) is 6.87. The predicted molar refractivity (Wildman–Crippen MR) is 93.3 cm³/mol. The number of rotatable bonds is 14. The van der Waals surface area contributed by atoms with E-state index in [4.69, 9.17) is 4.74 Å².